The van der Waals surface area contributed by atoms with E-state index in [0.29, 0.717) is 18.5 Å². The Bertz CT molecular complexity index is 395. The maximum absolute atomic E-state index is 5.84. The van der Waals surface area contributed by atoms with E-state index in [1.165, 1.54) is 5.56 Å². The molecular formula is C16H29IN4. The third-order valence-electron chi connectivity index (χ3n) is 3.39. The summed E-state index contributed by atoms with van der Waals surface area (Å²) < 4.78 is 0. The minimum absolute atomic E-state index is 0. The summed E-state index contributed by atoms with van der Waals surface area (Å²) in [5, 5.41) is 3.14. The quantitative estimate of drug-likeness (QED) is 0.303. The number of benzene rings is 1. The highest BCUT2D eigenvalue weighted by Gasteiger charge is 2.08. The van der Waals surface area contributed by atoms with Gasteiger partial charge in [-0.1, -0.05) is 43.7 Å². The molecule has 0 bridgehead atoms. The predicted molar refractivity (Wildman–Crippen MR) is 102 cm³/mol. The second-order valence-corrected chi connectivity index (χ2v) is 5.26. The van der Waals surface area contributed by atoms with Gasteiger partial charge >= 0.3 is 0 Å². The number of hydrogen-bond donors (Lipinski definition) is 2. The summed E-state index contributed by atoms with van der Waals surface area (Å²) in [6, 6.07) is 10.8. The van der Waals surface area contributed by atoms with E-state index in [2.05, 4.69) is 60.4 Å². The maximum atomic E-state index is 5.84. The van der Waals surface area contributed by atoms with Gasteiger partial charge in [0.15, 0.2) is 5.96 Å². The third kappa shape index (κ3) is 8.93. The summed E-state index contributed by atoms with van der Waals surface area (Å²) in [6.45, 7) is 6.89. The molecule has 3 N–H and O–H groups in total. The summed E-state index contributed by atoms with van der Waals surface area (Å²) in [6.07, 6.45) is 2.29. The second-order valence-electron chi connectivity index (χ2n) is 5.26. The smallest absolute Gasteiger partial charge is 0.188 e. The number of rotatable bonds is 8. The van der Waals surface area contributed by atoms with Crippen LogP contribution in [-0.2, 0) is 6.54 Å². The van der Waals surface area contributed by atoms with Crippen molar-refractivity contribution in [3.63, 3.8) is 0 Å². The molecule has 0 fully saturated rings. The van der Waals surface area contributed by atoms with Gasteiger partial charge in [0, 0.05) is 19.1 Å². The van der Waals surface area contributed by atoms with Crippen molar-refractivity contribution < 1.29 is 0 Å². The molecular weight excluding hydrogens is 375 g/mol. The van der Waals surface area contributed by atoms with Crippen LogP contribution in [0.2, 0.25) is 0 Å². The lowest BCUT2D eigenvalue weighted by atomic mass is 10.2. The first-order valence-corrected chi connectivity index (χ1v) is 7.41. The number of nitrogens with zero attached hydrogens (tertiary/aromatic N) is 2. The summed E-state index contributed by atoms with van der Waals surface area (Å²) in [4.78, 5) is 6.69. The van der Waals surface area contributed by atoms with E-state index >= 15 is 0 Å². The van der Waals surface area contributed by atoms with Crippen molar-refractivity contribution in [3.8, 4) is 0 Å². The Labute approximate surface area is 146 Å². The number of guanidine groups is 1. The minimum atomic E-state index is 0. The Hall–Kier alpha value is -0.820. The summed E-state index contributed by atoms with van der Waals surface area (Å²) in [5.74, 6) is 0.554. The SMILES string of the molecule is CCCCNC(N)=NCC(C)N(C)Cc1ccccc1.I. The van der Waals surface area contributed by atoms with Crippen molar-refractivity contribution in [1.29, 1.82) is 0 Å². The Morgan fingerprint density at radius 1 is 1.33 bits per heavy atom. The molecule has 21 heavy (non-hydrogen) atoms. The number of aliphatic imine (C=N–C) groups is 1. The van der Waals surface area contributed by atoms with Crippen LogP contribution >= 0.6 is 24.0 Å². The fourth-order valence-electron chi connectivity index (χ4n) is 1.85. The zero-order valence-corrected chi connectivity index (χ0v) is 15.7. The Morgan fingerprint density at radius 3 is 2.62 bits per heavy atom. The highest BCUT2D eigenvalue weighted by atomic mass is 127. The number of hydrogen-bond acceptors (Lipinski definition) is 2. The van der Waals surface area contributed by atoms with E-state index in [9.17, 15) is 0 Å². The first-order valence-electron chi connectivity index (χ1n) is 7.41. The van der Waals surface area contributed by atoms with Gasteiger partial charge in [-0.15, -0.1) is 24.0 Å². The molecule has 0 saturated heterocycles. The normalized spacial score (nSPS) is 12.9. The monoisotopic (exact) mass is 404 g/mol. The summed E-state index contributed by atoms with van der Waals surface area (Å²) in [7, 11) is 2.12. The molecule has 0 heterocycles. The summed E-state index contributed by atoms with van der Waals surface area (Å²) >= 11 is 0. The molecule has 0 amide bonds. The number of halogens is 1. The average Bonchev–Trinajstić information content (AvgIpc) is 2.46. The molecule has 0 saturated carbocycles. The van der Waals surface area contributed by atoms with Gasteiger partial charge in [0.1, 0.15) is 0 Å². The lowest BCUT2D eigenvalue weighted by molar-refractivity contribution is 0.255. The van der Waals surface area contributed by atoms with E-state index in [0.717, 1.165) is 25.9 Å². The van der Waals surface area contributed by atoms with Gasteiger partial charge in [0.25, 0.3) is 0 Å². The van der Waals surface area contributed by atoms with Crippen LogP contribution in [0.15, 0.2) is 35.3 Å². The summed E-state index contributed by atoms with van der Waals surface area (Å²) in [5.41, 5.74) is 7.16. The lowest BCUT2D eigenvalue weighted by Gasteiger charge is -2.23. The number of nitrogens with one attached hydrogen (secondary N) is 1. The maximum Gasteiger partial charge on any atom is 0.188 e. The first kappa shape index (κ1) is 20.2. The molecule has 0 spiro atoms. The molecule has 1 rings (SSSR count). The van der Waals surface area contributed by atoms with Crippen LogP contribution in [0, 0.1) is 0 Å². The molecule has 5 heteroatoms. The van der Waals surface area contributed by atoms with Crippen LogP contribution in [-0.4, -0.2) is 37.0 Å². The van der Waals surface area contributed by atoms with Gasteiger partial charge in [-0.3, -0.25) is 9.89 Å². The van der Waals surface area contributed by atoms with Crippen molar-refractivity contribution in [2.75, 3.05) is 20.1 Å². The fourth-order valence-corrected chi connectivity index (χ4v) is 1.85. The van der Waals surface area contributed by atoms with Crippen LogP contribution in [0.25, 0.3) is 0 Å². The standard InChI is InChI=1S/C16H28N4.HI/c1-4-5-11-18-16(17)19-12-14(2)20(3)13-15-9-7-6-8-10-15;/h6-10,14H,4-5,11-13H2,1-3H3,(H3,17,18,19);1H. The Morgan fingerprint density at radius 2 is 2.00 bits per heavy atom. The predicted octanol–water partition coefficient (Wildman–Crippen LogP) is 2.83. The van der Waals surface area contributed by atoms with Crippen molar-refractivity contribution >= 4 is 29.9 Å². The van der Waals surface area contributed by atoms with E-state index in [-0.39, 0.29) is 24.0 Å². The topological polar surface area (TPSA) is 53.6 Å². The Balaban J connectivity index is 0.00000400. The van der Waals surface area contributed by atoms with Gasteiger partial charge in [0.05, 0.1) is 6.54 Å². The van der Waals surface area contributed by atoms with Crippen LogP contribution in [0.1, 0.15) is 32.3 Å². The number of likely N-dealkylation sites (N-methyl/N-ethyl adjacent to an activating group) is 1. The zero-order valence-electron chi connectivity index (χ0n) is 13.4. The van der Waals surface area contributed by atoms with Crippen LogP contribution in [0.3, 0.4) is 0 Å². The van der Waals surface area contributed by atoms with Gasteiger partial charge < -0.3 is 11.1 Å². The molecule has 0 aliphatic heterocycles. The molecule has 1 aromatic rings. The molecule has 0 radical (unpaired) electrons. The van der Waals surface area contributed by atoms with E-state index < -0.39 is 0 Å². The van der Waals surface area contributed by atoms with Crippen molar-refractivity contribution in [2.24, 2.45) is 10.7 Å². The average molecular weight is 404 g/mol. The third-order valence-corrected chi connectivity index (χ3v) is 3.39. The molecule has 1 atom stereocenters. The molecule has 1 aromatic carbocycles. The van der Waals surface area contributed by atoms with Crippen LogP contribution < -0.4 is 11.1 Å². The van der Waals surface area contributed by atoms with Gasteiger partial charge in [-0.2, -0.15) is 0 Å². The molecule has 120 valence electrons. The van der Waals surface area contributed by atoms with Crippen LogP contribution in [0.4, 0.5) is 0 Å². The number of unbranched alkanes of at least 4 members (excludes halogenated alkanes) is 1. The first-order chi connectivity index (χ1) is 9.63. The lowest BCUT2D eigenvalue weighted by Crippen LogP contribution is -2.36. The zero-order chi connectivity index (χ0) is 14.8. The molecule has 0 aromatic heterocycles. The van der Waals surface area contributed by atoms with E-state index in [1.54, 1.807) is 0 Å². The van der Waals surface area contributed by atoms with Crippen molar-refractivity contribution in [1.82, 2.24) is 10.2 Å². The van der Waals surface area contributed by atoms with Gasteiger partial charge in [-0.25, -0.2) is 0 Å². The van der Waals surface area contributed by atoms with Crippen LogP contribution in [0.5, 0.6) is 0 Å². The molecule has 0 aliphatic rings. The molecule has 4 nitrogen and oxygen atoms in total. The Kier molecular flexibility index (Phi) is 11.3. The molecule has 1 unspecified atom stereocenters. The minimum Gasteiger partial charge on any atom is -0.370 e. The largest absolute Gasteiger partial charge is 0.370 e. The van der Waals surface area contributed by atoms with Gasteiger partial charge in [-0.05, 0) is 26.0 Å². The van der Waals surface area contributed by atoms with Crippen molar-refractivity contribution in [2.45, 2.75) is 39.3 Å². The second kappa shape index (κ2) is 11.8. The highest BCUT2D eigenvalue weighted by molar-refractivity contribution is 14.0. The fraction of sp³-hybridized carbons (Fsp3) is 0.562. The van der Waals surface area contributed by atoms with Gasteiger partial charge in [0.2, 0.25) is 0 Å². The highest BCUT2D eigenvalue weighted by Crippen LogP contribution is 2.06. The van der Waals surface area contributed by atoms with Crippen molar-refractivity contribution in [3.05, 3.63) is 35.9 Å². The van der Waals surface area contributed by atoms with E-state index in [4.69, 9.17) is 5.73 Å². The molecule has 0 aliphatic carbocycles. The number of nitrogens with two attached hydrogens (primary N) is 1. The van der Waals surface area contributed by atoms with E-state index in [1.807, 2.05) is 6.07 Å².